The number of nitrogens with one attached hydrogen (secondary N) is 1. The molecule has 5 nitrogen and oxygen atoms in total. The summed E-state index contributed by atoms with van der Waals surface area (Å²) >= 11 is 0. The van der Waals surface area contributed by atoms with Crippen LogP contribution in [0.4, 0.5) is 0 Å². The number of carbonyl (C=O) groups is 1. The lowest BCUT2D eigenvalue weighted by molar-refractivity contribution is -0.121. The minimum Gasteiger partial charge on any atom is -0.358 e. The van der Waals surface area contributed by atoms with Crippen LogP contribution < -0.4 is 10.9 Å². The molecule has 0 unspecified atom stereocenters. The molecule has 0 radical (unpaired) electrons. The van der Waals surface area contributed by atoms with Gasteiger partial charge in [-0.25, -0.2) is 4.98 Å². The Balaban J connectivity index is 2.43. The molecule has 1 amide bonds. The highest BCUT2D eigenvalue weighted by atomic mass is 16.2. The molecule has 1 heterocycles. The van der Waals surface area contributed by atoms with Gasteiger partial charge in [-0.15, -0.1) is 0 Å². The number of rotatable bonds is 3. The number of carbonyl (C=O) groups excluding carboxylic acids is 1. The van der Waals surface area contributed by atoms with Gasteiger partial charge in [0.2, 0.25) is 5.91 Å². The van der Waals surface area contributed by atoms with Crippen molar-refractivity contribution in [3.05, 3.63) is 53.2 Å². The summed E-state index contributed by atoms with van der Waals surface area (Å²) in [5.41, 5.74) is 1.06. The Labute approximate surface area is 104 Å². The molecule has 2 rings (SSSR count). The summed E-state index contributed by atoms with van der Waals surface area (Å²) in [4.78, 5) is 27.4. The number of aromatic nitrogens is 2. The molecule has 18 heavy (non-hydrogen) atoms. The molecule has 0 bridgehead atoms. The van der Waals surface area contributed by atoms with E-state index in [2.05, 4.69) is 10.3 Å². The first-order chi connectivity index (χ1) is 8.72. The molecule has 1 aromatic carbocycles. The quantitative estimate of drug-likeness (QED) is 0.861. The van der Waals surface area contributed by atoms with E-state index in [4.69, 9.17) is 0 Å². The van der Waals surface area contributed by atoms with Gasteiger partial charge in [-0.05, 0) is 5.56 Å². The lowest BCUT2D eigenvalue weighted by atomic mass is 10.1. The number of nitrogens with zero attached hydrogens (tertiary/aromatic N) is 2. The normalized spacial score (nSPS) is 10.1. The molecular formula is C13H13N3O2. The van der Waals surface area contributed by atoms with Gasteiger partial charge in [-0.1, -0.05) is 30.3 Å². The third-order valence-corrected chi connectivity index (χ3v) is 2.58. The van der Waals surface area contributed by atoms with Gasteiger partial charge < -0.3 is 5.32 Å². The Bertz CT molecular complexity index is 605. The molecule has 1 N–H and O–H groups in total. The number of benzene rings is 1. The number of amides is 1. The van der Waals surface area contributed by atoms with Crippen LogP contribution in [0.2, 0.25) is 0 Å². The Kier molecular flexibility index (Phi) is 3.52. The Hall–Kier alpha value is -2.43. The third kappa shape index (κ3) is 2.45. The lowest BCUT2D eigenvalue weighted by Crippen LogP contribution is -2.30. The Morgan fingerprint density at radius 2 is 2.06 bits per heavy atom. The average Bonchev–Trinajstić information content (AvgIpc) is 2.42. The monoisotopic (exact) mass is 243 g/mol. The van der Waals surface area contributed by atoms with Crippen LogP contribution in [0.1, 0.15) is 0 Å². The first-order valence-corrected chi connectivity index (χ1v) is 5.53. The van der Waals surface area contributed by atoms with Crippen molar-refractivity contribution >= 4 is 5.91 Å². The predicted molar refractivity (Wildman–Crippen MR) is 68.0 cm³/mol. The molecule has 2 aromatic rings. The van der Waals surface area contributed by atoms with Gasteiger partial charge in [0.15, 0.2) is 0 Å². The van der Waals surface area contributed by atoms with E-state index in [1.54, 1.807) is 0 Å². The van der Waals surface area contributed by atoms with E-state index in [0.29, 0.717) is 5.56 Å². The van der Waals surface area contributed by atoms with E-state index in [1.807, 2.05) is 30.3 Å². The van der Waals surface area contributed by atoms with Crippen molar-refractivity contribution in [2.45, 2.75) is 6.54 Å². The minimum absolute atomic E-state index is 0.0248. The fourth-order valence-corrected chi connectivity index (χ4v) is 1.61. The summed E-state index contributed by atoms with van der Waals surface area (Å²) in [5, 5.41) is 2.47. The Morgan fingerprint density at radius 1 is 1.33 bits per heavy atom. The maximum absolute atomic E-state index is 12.2. The van der Waals surface area contributed by atoms with Crippen molar-refractivity contribution in [2.24, 2.45) is 0 Å². The van der Waals surface area contributed by atoms with E-state index < -0.39 is 0 Å². The average molecular weight is 243 g/mol. The highest BCUT2D eigenvalue weighted by molar-refractivity contribution is 5.75. The molecule has 0 saturated heterocycles. The zero-order valence-electron chi connectivity index (χ0n) is 9.96. The molecule has 0 spiro atoms. The summed E-state index contributed by atoms with van der Waals surface area (Å²) in [6.07, 6.45) is 2.88. The number of hydrogen-bond acceptors (Lipinski definition) is 3. The fourth-order valence-electron chi connectivity index (χ4n) is 1.61. The van der Waals surface area contributed by atoms with Gasteiger partial charge in [0.1, 0.15) is 6.54 Å². The largest absolute Gasteiger partial charge is 0.358 e. The van der Waals surface area contributed by atoms with Crippen LogP contribution in [0, 0.1) is 0 Å². The predicted octanol–water partition coefficient (Wildman–Crippen LogP) is 0.656. The zero-order chi connectivity index (χ0) is 13.0. The topological polar surface area (TPSA) is 64.0 Å². The molecule has 0 saturated carbocycles. The van der Waals surface area contributed by atoms with Crippen LogP contribution in [0.5, 0.6) is 0 Å². The van der Waals surface area contributed by atoms with Crippen molar-refractivity contribution in [3.63, 3.8) is 0 Å². The van der Waals surface area contributed by atoms with Crippen molar-refractivity contribution in [3.8, 4) is 11.1 Å². The third-order valence-electron chi connectivity index (χ3n) is 2.58. The van der Waals surface area contributed by atoms with E-state index >= 15 is 0 Å². The van der Waals surface area contributed by atoms with Gasteiger partial charge >= 0.3 is 0 Å². The maximum atomic E-state index is 12.2. The summed E-state index contributed by atoms with van der Waals surface area (Å²) in [6, 6.07) is 9.25. The standard InChI is InChI=1S/C13H13N3O2/c1-14-12(17)8-16-9-15-7-11(13(16)18)10-5-3-2-4-6-10/h2-7,9H,8H2,1H3,(H,14,17). The van der Waals surface area contributed by atoms with Gasteiger partial charge in [-0.3, -0.25) is 14.2 Å². The molecule has 0 aliphatic carbocycles. The second-order valence-electron chi connectivity index (χ2n) is 3.78. The first-order valence-electron chi connectivity index (χ1n) is 5.53. The SMILES string of the molecule is CNC(=O)Cn1cncc(-c2ccccc2)c1=O. The lowest BCUT2D eigenvalue weighted by Gasteiger charge is -2.06. The molecule has 0 aliphatic rings. The number of hydrogen-bond donors (Lipinski definition) is 1. The summed E-state index contributed by atoms with van der Waals surface area (Å²) < 4.78 is 1.29. The van der Waals surface area contributed by atoms with Crippen LogP contribution in [-0.2, 0) is 11.3 Å². The van der Waals surface area contributed by atoms with E-state index in [-0.39, 0.29) is 18.0 Å². The van der Waals surface area contributed by atoms with Crippen molar-refractivity contribution < 1.29 is 4.79 Å². The second-order valence-corrected chi connectivity index (χ2v) is 3.78. The van der Waals surface area contributed by atoms with Crippen molar-refractivity contribution in [1.82, 2.24) is 14.9 Å². The van der Waals surface area contributed by atoms with Gasteiger partial charge in [0.05, 0.1) is 11.9 Å². The van der Waals surface area contributed by atoms with Gasteiger partial charge in [0, 0.05) is 13.2 Å². The highest BCUT2D eigenvalue weighted by Crippen LogP contribution is 2.12. The second kappa shape index (κ2) is 5.27. The van der Waals surface area contributed by atoms with E-state index in [1.165, 1.54) is 24.1 Å². The van der Waals surface area contributed by atoms with Crippen molar-refractivity contribution in [1.29, 1.82) is 0 Å². The zero-order valence-corrected chi connectivity index (χ0v) is 9.96. The fraction of sp³-hybridized carbons (Fsp3) is 0.154. The van der Waals surface area contributed by atoms with Crippen molar-refractivity contribution in [2.75, 3.05) is 7.05 Å². The van der Waals surface area contributed by atoms with Crippen LogP contribution in [0.15, 0.2) is 47.7 Å². The molecular weight excluding hydrogens is 230 g/mol. The van der Waals surface area contributed by atoms with Crippen LogP contribution in [0.25, 0.3) is 11.1 Å². The summed E-state index contributed by atoms with van der Waals surface area (Å²) in [5.74, 6) is -0.232. The first kappa shape index (κ1) is 12.0. The smallest absolute Gasteiger partial charge is 0.261 e. The molecule has 0 atom stereocenters. The van der Waals surface area contributed by atoms with Gasteiger partial charge in [0.25, 0.3) is 5.56 Å². The molecule has 0 aliphatic heterocycles. The number of likely N-dealkylation sites (N-methyl/N-ethyl adjacent to an activating group) is 1. The van der Waals surface area contributed by atoms with Crippen LogP contribution in [0.3, 0.4) is 0 Å². The molecule has 1 aromatic heterocycles. The van der Waals surface area contributed by atoms with E-state index in [0.717, 1.165) is 5.56 Å². The Morgan fingerprint density at radius 3 is 2.72 bits per heavy atom. The summed E-state index contributed by atoms with van der Waals surface area (Å²) in [6.45, 7) is -0.0248. The van der Waals surface area contributed by atoms with Crippen LogP contribution >= 0.6 is 0 Å². The minimum atomic E-state index is -0.232. The van der Waals surface area contributed by atoms with E-state index in [9.17, 15) is 9.59 Å². The van der Waals surface area contributed by atoms with Gasteiger partial charge in [-0.2, -0.15) is 0 Å². The molecule has 92 valence electrons. The summed E-state index contributed by atoms with van der Waals surface area (Å²) in [7, 11) is 1.53. The molecule has 5 heteroatoms. The maximum Gasteiger partial charge on any atom is 0.261 e. The molecule has 0 fully saturated rings. The van der Waals surface area contributed by atoms with Crippen LogP contribution in [-0.4, -0.2) is 22.5 Å². The highest BCUT2D eigenvalue weighted by Gasteiger charge is 2.08.